The van der Waals surface area contributed by atoms with Crippen LogP contribution in [-0.4, -0.2) is 56.1 Å². The van der Waals surface area contributed by atoms with Gasteiger partial charge < -0.3 is 27.0 Å². The molecule has 0 aliphatic carbocycles. The molecule has 1 aromatic heterocycles. The van der Waals surface area contributed by atoms with E-state index >= 15 is 0 Å². The zero-order valence-corrected chi connectivity index (χ0v) is 18.8. The fourth-order valence-corrected chi connectivity index (χ4v) is 3.51. The first-order chi connectivity index (χ1) is 16.1. The Morgan fingerprint density at radius 2 is 1.39 bits per heavy atom. The third-order valence-corrected chi connectivity index (χ3v) is 5.28. The summed E-state index contributed by atoms with van der Waals surface area (Å²) >= 11 is 0. The normalized spacial score (nSPS) is 10.7. The highest BCUT2D eigenvalue weighted by Gasteiger charge is 2.12. The van der Waals surface area contributed by atoms with Gasteiger partial charge in [0, 0.05) is 68.7 Å². The number of amides is 2. The molecule has 6 N–H and O–H groups in total. The van der Waals surface area contributed by atoms with Crippen molar-refractivity contribution in [1.29, 1.82) is 0 Å². The number of carbonyl (C=O) groups is 2. The molecule has 0 saturated carbocycles. The van der Waals surface area contributed by atoms with Crippen molar-refractivity contribution in [3.8, 4) is 11.3 Å². The molecular weight excluding hydrogens is 416 g/mol. The van der Waals surface area contributed by atoms with Gasteiger partial charge in [-0.15, -0.1) is 0 Å². The smallest absolute Gasteiger partial charge is 0.221 e. The summed E-state index contributed by atoms with van der Waals surface area (Å²) in [7, 11) is 0. The van der Waals surface area contributed by atoms with Gasteiger partial charge in [-0.2, -0.15) is 0 Å². The molecule has 174 valence electrons. The number of aromatic nitrogens is 1. The van der Waals surface area contributed by atoms with Crippen LogP contribution in [0.4, 0.5) is 5.69 Å². The zero-order chi connectivity index (χ0) is 23.5. The van der Waals surface area contributed by atoms with Crippen molar-refractivity contribution in [2.45, 2.75) is 12.8 Å². The first kappa shape index (κ1) is 24.2. The second-order valence-electron chi connectivity index (χ2n) is 7.70. The van der Waals surface area contributed by atoms with Gasteiger partial charge in [-0.25, -0.2) is 4.98 Å². The topological polar surface area (TPSA) is 126 Å². The van der Waals surface area contributed by atoms with Crippen LogP contribution in [-0.2, 0) is 9.59 Å². The number of hydrogen-bond acceptors (Lipinski definition) is 6. The number of pyridine rings is 1. The van der Waals surface area contributed by atoms with Crippen LogP contribution < -0.4 is 27.0 Å². The molecule has 2 aromatic carbocycles. The Kier molecular flexibility index (Phi) is 9.17. The third-order valence-electron chi connectivity index (χ3n) is 5.28. The van der Waals surface area contributed by atoms with Crippen LogP contribution in [0, 0.1) is 0 Å². The highest BCUT2D eigenvalue weighted by molar-refractivity contribution is 5.82. The van der Waals surface area contributed by atoms with Gasteiger partial charge in [0.25, 0.3) is 0 Å². The average molecular weight is 449 g/mol. The van der Waals surface area contributed by atoms with E-state index in [0.29, 0.717) is 52.1 Å². The largest absolute Gasteiger partial charge is 0.370 e. The standard InChI is InChI=1S/C25H32N6O2/c26-13-15-28-24(32)11-17-31(18-12-25(33)29-16-14-27)21-8-5-20(6-9-21)23-10-7-19-3-1-2-4-22(19)30-23/h1-10H,11-18,26-27H2,(H,28,32)(H,29,33). The van der Waals surface area contributed by atoms with Crippen molar-refractivity contribution in [3.63, 3.8) is 0 Å². The highest BCUT2D eigenvalue weighted by atomic mass is 16.2. The lowest BCUT2D eigenvalue weighted by molar-refractivity contribution is -0.121. The Hall–Kier alpha value is -3.49. The monoisotopic (exact) mass is 448 g/mol. The van der Waals surface area contributed by atoms with Crippen molar-refractivity contribution < 1.29 is 9.59 Å². The molecule has 0 fully saturated rings. The van der Waals surface area contributed by atoms with Gasteiger partial charge >= 0.3 is 0 Å². The fourth-order valence-electron chi connectivity index (χ4n) is 3.51. The molecule has 0 radical (unpaired) electrons. The van der Waals surface area contributed by atoms with Crippen LogP contribution in [0.25, 0.3) is 22.2 Å². The minimum Gasteiger partial charge on any atom is -0.370 e. The van der Waals surface area contributed by atoms with Gasteiger partial charge in [0.1, 0.15) is 0 Å². The molecule has 0 aliphatic rings. The molecule has 8 heteroatoms. The SMILES string of the molecule is NCCNC(=O)CCN(CCC(=O)NCCN)c1ccc(-c2ccc3ccccc3n2)cc1. The van der Waals surface area contributed by atoms with Crippen molar-refractivity contribution >= 4 is 28.4 Å². The van der Waals surface area contributed by atoms with E-state index in [4.69, 9.17) is 16.5 Å². The van der Waals surface area contributed by atoms with E-state index in [2.05, 4.69) is 16.7 Å². The summed E-state index contributed by atoms with van der Waals surface area (Å²) in [6.45, 7) is 2.70. The quantitative estimate of drug-likeness (QED) is 0.334. The molecule has 0 bridgehead atoms. The Morgan fingerprint density at radius 3 is 2.00 bits per heavy atom. The molecule has 0 aliphatic heterocycles. The minimum absolute atomic E-state index is 0.0602. The highest BCUT2D eigenvalue weighted by Crippen LogP contribution is 2.24. The molecule has 0 saturated heterocycles. The van der Waals surface area contributed by atoms with E-state index < -0.39 is 0 Å². The predicted molar refractivity (Wildman–Crippen MR) is 133 cm³/mol. The zero-order valence-electron chi connectivity index (χ0n) is 18.8. The van der Waals surface area contributed by atoms with Gasteiger partial charge in [0.05, 0.1) is 11.2 Å². The molecule has 1 heterocycles. The van der Waals surface area contributed by atoms with Gasteiger partial charge in [-0.3, -0.25) is 9.59 Å². The molecule has 3 rings (SSSR count). The molecule has 0 spiro atoms. The van der Waals surface area contributed by atoms with E-state index in [0.717, 1.165) is 27.8 Å². The molecule has 2 amide bonds. The summed E-state index contributed by atoms with van der Waals surface area (Å²) in [5.41, 5.74) is 14.7. The predicted octanol–water partition coefficient (Wildman–Crippen LogP) is 1.64. The molecule has 33 heavy (non-hydrogen) atoms. The lowest BCUT2D eigenvalue weighted by Gasteiger charge is -2.25. The molecule has 3 aromatic rings. The number of nitrogens with zero attached hydrogens (tertiary/aromatic N) is 2. The van der Waals surface area contributed by atoms with Crippen LogP contribution in [0.5, 0.6) is 0 Å². The third kappa shape index (κ3) is 7.27. The lowest BCUT2D eigenvalue weighted by Crippen LogP contribution is -2.36. The van der Waals surface area contributed by atoms with Gasteiger partial charge in [0.15, 0.2) is 0 Å². The fraction of sp³-hybridized carbons (Fsp3) is 0.320. The van der Waals surface area contributed by atoms with Crippen LogP contribution in [0.1, 0.15) is 12.8 Å². The number of carbonyl (C=O) groups excluding carboxylic acids is 2. The number of nitrogens with two attached hydrogens (primary N) is 2. The van der Waals surface area contributed by atoms with Crippen LogP contribution in [0.3, 0.4) is 0 Å². The van der Waals surface area contributed by atoms with E-state index in [9.17, 15) is 9.59 Å². The lowest BCUT2D eigenvalue weighted by atomic mass is 10.1. The van der Waals surface area contributed by atoms with Crippen LogP contribution >= 0.6 is 0 Å². The minimum atomic E-state index is -0.0602. The Labute approximate surface area is 194 Å². The molecule has 0 unspecified atom stereocenters. The average Bonchev–Trinajstić information content (AvgIpc) is 2.86. The number of fused-ring (bicyclic) bond motifs is 1. The summed E-state index contributed by atoms with van der Waals surface area (Å²) in [4.78, 5) is 30.9. The maximum atomic E-state index is 12.1. The molecule has 0 atom stereocenters. The first-order valence-electron chi connectivity index (χ1n) is 11.3. The van der Waals surface area contributed by atoms with Crippen molar-refractivity contribution in [3.05, 3.63) is 60.7 Å². The second-order valence-corrected chi connectivity index (χ2v) is 7.70. The number of hydrogen-bond donors (Lipinski definition) is 4. The summed E-state index contributed by atoms with van der Waals surface area (Å²) in [5, 5.41) is 6.67. The number of benzene rings is 2. The van der Waals surface area contributed by atoms with Gasteiger partial charge in [-0.05, 0) is 24.3 Å². The summed E-state index contributed by atoms with van der Waals surface area (Å²) < 4.78 is 0. The van der Waals surface area contributed by atoms with E-state index in [-0.39, 0.29) is 11.8 Å². The number of anilines is 1. The summed E-state index contributed by atoms with van der Waals surface area (Å²) in [5.74, 6) is -0.120. The number of para-hydroxylation sites is 1. The van der Waals surface area contributed by atoms with E-state index in [1.807, 2.05) is 59.5 Å². The number of nitrogens with one attached hydrogen (secondary N) is 2. The first-order valence-corrected chi connectivity index (χ1v) is 11.3. The summed E-state index contributed by atoms with van der Waals surface area (Å²) in [6.07, 6.45) is 0.636. The van der Waals surface area contributed by atoms with Crippen molar-refractivity contribution in [2.24, 2.45) is 11.5 Å². The summed E-state index contributed by atoms with van der Waals surface area (Å²) in [6, 6.07) is 20.1. The molecule has 8 nitrogen and oxygen atoms in total. The molecular formula is C25H32N6O2. The van der Waals surface area contributed by atoms with Crippen LogP contribution in [0.2, 0.25) is 0 Å². The van der Waals surface area contributed by atoms with E-state index in [1.54, 1.807) is 0 Å². The Morgan fingerprint density at radius 1 is 0.788 bits per heavy atom. The Balaban J connectivity index is 1.72. The Bertz CT molecular complexity index is 1030. The van der Waals surface area contributed by atoms with E-state index in [1.165, 1.54) is 0 Å². The van der Waals surface area contributed by atoms with Crippen molar-refractivity contribution in [2.75, 3.05) is 44.2 Å². The van der Waals surface area contributed by atoms with Crippen molar-refractivity contribution in [1.82, 2.24) is 15.6 Å². The maximum absolute atomic E-state index is 12.1. The maximum Gasteiger partial charge on any atom is 0.221 e. The second kappa shape index (κ2) is 12.5. The van der Waals surface area contributed by atoms with Gasteiger partial charge in [0.2, 0.25) is 11.8 Å². The van der Waals surface area contributed by atoms with Gasteiger partial charge in [-0.1, -0.05) is 36.4 Å². The van der Waals surface area contributed by atoms with Crippen LogP contribution in [0.15, 0.2) is 60.7 Å². The number of rotatable bonds is 12.